The van der Waals surface area contributed by atoms with Crippen molar-refractivity contribution in [1.82, 2.24) is 0 Å². The SMILES string of the molecule is CCC(C)c1ccc(OC(C)C2CCCCC2)cc1. The molecule has 1 nitrogen and oxygen atoms in total. The molecule has 0 aromatic heterocycles. The lowest BCUT2D eigenvalue weighted by Gasteiger charge is -2.28. The lowest BCUT2D eigenvalue weighted by Crippen LogP contribution is -2.25. The van der Waals surface area contributed by atoms with Crippen molar-refractivity contribution >= 4 is 0 Å². The summed E-state index contributed by atoms with van der Waals surface area (Å²) in [6.07, 6.45) is 8.40. The van der Waals surface area contributed by atoms with E-state index < -0.39 is 0 Å². The molecule has 0 amide bonds. The fraction of sp³-hybridized carbons (Fsp3) is 0.667. The summed E-state index contributed by atoms with van der Waals surface area (Å²) in [4.78, 5) is 0. The van der Waals surface area contributed by atoms with Crippen molar-refractivity contribution in [2.24, 2.45) is 5.92 Å². The number of rotatable bonds is 5. The molecule has 2 atom stereocenters. The minimum atomic E-state index is 0.356. The monoisotopic (exact) mass is 260 g/mol. The van der Waals surface area contributed by atoms with Crippen molar-refractivity contribution in [3.05, 3.63) is 29.8 Å². The van der Waals surface area contributed by atoms with E-state index >= 15 is 0 Å². The van der Waals surface area contributed by atoms with Crippen molar-refractivity contribution < 1.29 is 4.74 Å². The summed E-state index contributed by atoms with van der Waals surface area (Å²) < 4.78 is 6.12. The van der Waals surface area contributed by atoms with E-state index in [0.29, 0.717) is 12.0 Å². The molecule has 0 radical (unpaired) electrons. The van der Waals surface area contributed by atoms with Crippen LogP contribution in [0.4, 0.5) is 0 Å². The van der Waals surface area contributed by atoms with Gasteiger partial charge in [0, 0.05) is 0 Å². The van der Waals surface area contributed by atoms with Gasteiger partial charge < -0.3 is 4.74 Å². The van der Waals surface area contributed by atoms with Gasteiger partial charge in [-0.25, -0.2) is 0 Å². The number of benzene rings is 1. The third-order valence-corrected chi connectivity index (χ3v) is 4.70. The van der Waals surface area contributed by atoms with Gasteiger partial charge in [-0.1, -0.05) is 45.2 Å². The second-order valence-corrected chi connectivity index (χ2v) is 6.10. The van der Waals surface area contributed by atoms with Crippen LogP contribution in [-0.2, 0) is 0 Å². The fourth-order valence-corrected chi connectivity index (χ4v) is 3.03. The van der Waals surface area contributed by atoms with E-state index in [1.165, 1.54) is 44.1 Å². The molecule has 2 unspecified atom stereocenters. The molecule has 1 aliphatic carbocycles. The molecule has 1 aromatic rings. The maximum Gasteiger partial charge on any atom is 0.119 e. The molecule has 1 saturated carbocycles. The quantitative estimate of drug-likeness (QED) is 0.674. The first-order valence-corrected chi connectivity index (χ1v) is 7.97. The van der Waals surface area contributed by atoms with Crippen LogP contribution in [0.2, 0.25) is 0 Å². The zero-order valence-electron chi connectivity index (χ0n) is 12.7. The van der Waals surface area contributed by atoms with Crippen LogP contribution in [0.25, 0.3) is 0 Å². The smallest absolute Gasteiger partial charge is 0.119 e. The zero-order chi connectivity index (χ0) is 13.7. The second kappa shape index (κ2) is 6.98. The largest absolute Gasteiger partial charge is 0.490 e. The molecule has 0 bridgehead atoms. The van der Waals surface area contributed by atoms with E-state index in [1.807, 2.05) is 0 Å². The molecular formula is C18H28O. The molecule has 1 heteroatoms. The van der Waals surface area contributed by atoms with E-state index in [1.54, 1.807) is 0 Å². The highest BCUT2D eigenvalue weighted by molar-refractivity contribution is 5.29. The van der Waals surface area contributed by atoms with Gasteiger partial charge >= 0.3 is 0 Å². The van der Waals surface area contributed by atoms with Gasteiger partial charge in [-0.05, 0) is 55.7 Å². The summed E-state index contributed by atoms with van der Waals surface area (Å²) >= 11 is 0. The molecule has 1 aromatic carbocycles. The Bertz CT molecular complexity index is 362. The van der Waals surface area contributed by atoms with Gasteiger partial charge in [0.15, 0.2) is 0 Å². The van der Waals surface area contributed by atoms with Crippen LogP contribution in [0.3, 0.4) is 0 Å². The first-order chi connectivity index (χ1) is 9.20. The van der Waals surface area contributed by atoms with Crippen LogP contribution >= 0.6 is 0 Å². The van der Waals surface area contributed by atoms with Gasteiger partial charge in [0.25, 0.3) is 0 Å². The second-order valence-electron chi connectivity index (χ2n) is 6.10. The Kier molecular flexibility index (Phi) is 5.30. The average Bonchev–Trinajstić information content (AvgIpc) is 2.48. The Balaban J connectivity index is 1.91. The van der Waals surface area contributed by atoms with Crippen LogP contribution in [0.1, 0.15) is 70.8 Å². The van der Waals surface area contributed by atoms with E-state index in [0.717, 1.165) is 11.7 Å². The van der Waals surface area contributed by atoms with E-state index in [-0.39, 0.29) is 0 Å². The van der Waals surface area contributed by atoms with Crippen molar-refractivity contribution in [3.8, 4) is 5.75 Å². The van der Waals surface area contributed by atoms with Crippen molar-refractivity contribution in [2.45, 2.75) is 71.3 Å². The number of hydrogen-bond donors (Lipinski definition) is 0. The summed E-state index contributed by atoms with van der Waals surface area (Å²) in [7, 11) is 0. The third kappa shape index (κ3) is 3.99. The van der Waals surface area contributed by atoms with Gasteiger partial charge in [-0.2, -0.15) is 0 Å². The summed E-state index contributed by atoms with van der Waals surface area (Å²) in [6, 6.07) is 8.72. The molecule has 1 aliphatic rings. The summed E-state index contributed by atoms with van der Waals surface area (Å²) in [5, 5.41) is 0. The highest BCUT2D eigenvalue weighted by Crippen LogP contribution is 2.29. The summed E-state index contributed by atoms with van der Waals surface area (Å²) in [6.45, 7) is 6.75. The van der Waals surface area contributed by atoms with E-state index in [4.69, 9.17) is 4.74 Å². The molecule has 0 aliphatic heterocycles. The van der Waals surface area contributed by atoms with Gasteiger partial charge in [0.05, 0.1) is 6.10 Å². The maximum atomic E-state index is 6.12. The molecule has 19 heavy (non-hydrogen) atoms. The highest BCUT2D eigenvalue weighted by Gasteiger charge is 2.21. The van der Waals surface area contributed by atoms with E-state index in [9.17, 15) is 0 Å². The van der Waals surface area contributed by atoms with Gasteiger partial charge in [0.1, 0.15) is 5.75 Å². The molecule has 0 heterocycles. The van der Waals surface area contributed by atoms with Gasteiger partial charge in [0.2, 0.25) is 0 Å². The van der Waals surface area contributed by atoms with Crippen LogP contribution in [-0.4, -0.2) is 6.10 Å². The minimum Gasteiger partial charge on any atom is -0.490 e. The highest BCUT2D eigenvalue weighted by atomic mass is 16.5. The molecule has 106 valence electrons. The van der Waals surface area contributed by atoms with Crippen molar-refractivity contribution in [3.63, 3.8) is 0 Å². The molecule has 2 rings (SSSR count). The maximum absolute atomic E-state index is 6.12. The Morgan fingerprint density at radius 1 is 1.05 bits per heavy atom. The van der Waals surface area contributed by atoms with Crippen LogP contribution in [0, 0.1) is 5.92 Å². The topological polar surface area (TPSA) is 9.23 Å². The van der Waals surface area contributed by atoms with Crippen LogP contribution in [0.5, 0.6) is 5.75 Å². The Hall–Kier alpha value is -0.980. The molecule has 0 spiro atoms. The lowest BCUT2D eigenvalue weighted by molar-refractivity contribution is 0.123. The van der Waals surface area contributed by atoms with Crippen molar-refractivity contribution in [2.75, 3.05) is 0 Å². The van der Waals surface area contributed by atoms with Gasteiger partial charge in [-0.15, -0.1) is 0 Å². The molecular weight excluding hydrogens is 232 g/mol. The predicted octanol–water partition coefficient (Wildman–Crippen LogP) is 5.55. The minimum absolute atomic E-state index is 0.356. The molecule has 0 saturated heterocycles. The summed E-state index contributed by atoms with van der Waals surface area (Å²) in [5.74, 6) is 2.43. The number of hydrogen-bond acceptors (Lipinski definition) is 1. The first-order valence-electron chi connectivity index (χ1n) is 7.97. The average molecular weight is 260 g/mol. The predicted molar refractivity (Wildman–Crippen MR) is 81.8 cm³/mol. The standard InChI is InChI=1S/C18H28O/c1-4-14(2)16-10-12-18(13-11-16)19-15(3)17-8-6-5-7-9-17/h10-15,17H,4-9H2,1-3H3. The van der Waals surface area contributed by atoms with Gasteiger partial charge in [-0.3, -0.25) is 0 Å². The zero-order valence-corrected chi connectivity index (χ0v) is 12.7. The Labute approximate surface area is 118 Å². The molecule has 0 N–H and O–H groups in total. The fourth-order valence-electron chi connectivity index (χ4n) is 3.03. The van der Waals surface area contributed by atoms with Crippen LogP contribution < -0.4 is 4.74 Å². The Morgan fingerprint density at radius 3 is 2.26 bits per heavy atom. The number of ether oxygens (including phenoxy) is 1. The Morgan fingerprint density at radius 2 is 1.68 bits per heavy atom. The van der Waals surface area contributed by atoms with Crippen LogP contribution in [0.15, 0.2) is 24.3 Å². The third-order valence-electron chi connectivity index (χ3n) is 4.70. The van der Waals surface area contributed by atoms with Crippen molar-refractivity contribution in [1.29, 1.82) is 0 Å². The van der Waals surface area contributed by atoms with E-state index in [2.05, 4.69) is 45.0 Å². The lowest BCUT2D eigenvalue weighted by atomic mass is 9.86. The normalized spacial score (nSPS) is 19.9. The summed E-state index contributed by atoms with van der Waals surface area (Å²) in [5.41, 5.74) is 1.42. The molecule has 1 fully saturated rings. The first kappa shape index (κ1) is 14.4.